The maximum Gasteiger partial charge on any atom is 0.253 e. The number of pyridine rings is 1. The minimum Gasteiger partial charge on any atom is -0.496 e. The van der Waals surface area contributed by atoms with Crippen LogP contribution in [0.4, 0.5) is 11.4 Å². The largest absolute Gasteiger partial charge is 0.496 e. The van der Waals surface area contributed by atoms with Crippen LogP contribution in [0.1, 0.15) is 5.56 Å². The minimum atomic E-state index is -0.0954. The molecule has 1 aromatic heterocycles. The van der Waals surface area contributed by atoms with Gasteiger partial charge in [-0.1, -0.05) is 0 Å². The highest BCUT2D eigenvalue weighted by molar-refractivity contribution is 9.10. The Bertz CT molecular complexity index is 1030. The summed E-state index contributed by atoms with van der Waals surface area (Å²) in [6.45, 7) is 3.80. The highest BCUT2D eigenvalue weighted by atomic mass is 79.9. The van der Waals surface area contributed by atoms with E-state index in [9.17, 15) is 4.79 Å². The fourth-order valence-corrected chi connectivity index (χ4v) is 3.99. The number of nitrogens with zero attached hydrogens (tertiary/aromatic N) is 1. The lowest BCUT2D eigenvalue weighted by Crippen LogP contribution is -2.36. The summed E-state index contributed by atoms with van der Waals surface area (Å²) in [5.41, 5.74) is 3.51. The van der Waals surface area contributed by atoms with Crippen molar-refractivity contribution in [2.45, 2.75) is 6.54 Å². The summed E-state index contributed by atoms with van der Waals surface area (Å²) < 4.78 is 11.6. The lowest BCUT2D eigenvalue weighted by atomic mass is 10.1. The lowest BCUT2D eigenvalue weighted by Gasteiger charge is -2.28. The molecular weight excluding hydrogens is 422 g/mol. The van der Waals surface area contributed by atoms with Crippen molar-refractivity contribution >= 4 is 38.2 Å². The van der Waals surface area contributed by atoms with Crippen LogP contribution < -0.4 is 20.5 Å². The van der Waals surface area contributed by atoms with Crippen molar-refractivity contribution < 1.29 is 9.47 Å². The zero-order valence-electron chi connectivity index (χ0n) is 15.6. The zero-order valence-corrected chi connectivity index (χ0v) is 17.2. The quantitative estimate of drug-likeness (QED) is 0.628. The fraction of sp³-hybridized carbons (Fsp3) is 0.286. The number of aromatic amines is 1. The molecule has 0 spiro atoms. The number of fused-ring (bicyclic) bond motifs is 1. The molecule has 0 bridgehead atoms. The normalized spacial score (nSPS) is 14.3. The van der Waals surface area contributed by atoms with Crippen LogP contribution in [0.15, 0.2) is 51.7 Å². The van der Waals surface area contributed by atoms with Crippen molar-refractivity contribution in [3.05, 3.63) is 62.9 Å². The Labute approximate surface area is 171 Å². The summed E-state index contributed by atoms with van der Waals surface area (Å²) in [5.74, 6) is 0.733. The van der Waals surface area contributed by atoms with Crippen molar-refractivity contribution in [3.8, 4) is 5.75 Å². The molecule has 0 amide bonds. The van der Waals surface area contributed by atoms with Crippen LogP contribution in [0, 0.1) is 0 Å². The average Bonchev–Trinajstić information content (AvgIpc) is 2.74. The number of ether oxygens (including phenoxy) is 2. The molecule has 3 aromatic rings. The Morgan fingerprint density at radius 1 is 1.18 bits per heavy atom. The summed E-state index contributed by atoms with van der Waals surface area (Å²) in [5, 5.41) is 4.25. The van der Waals surface area contributed by atoms with E-state index in [1.807, 2.05) is 30.3 Å². The highest BCUT2D eigenvalue weighted by Gasteiger charge is 2.12. The Morgan fingerprint density at radius 3 is 2.64 bits per heavy atom. The number of halogens is 1. The summed E-state index contributed by atoms with van der Waals surface area (Å²) in [6, 6.07) is 13.9. The van der Waals surface area contributed by atoms with Gasteiger partial charge in [-0.15, -0.1) is 0 Å². The number of anilines is 2. The number of aromatic nitrogens is 1. The van der Waals surface area contributed by atoms with Gasteiger partial charge in [0.15, 0.2) is 0 Å². The SMILES string of the molecule is COc1ccc2[nH]c(=O)c(CNc3ccc(N4CCOCC4)cc3)cc2c1Br. The van der Waals surface area contributed by atoms with Gasteiger partial charge in [-0.2, -0.15) is 0 Å². The summed E-state index contributed by atoms with van der Waals surface area (Å²) in [4.78, 5) is 17.7. The molecule has 0 unspecified atom stereocenters. The monoisotopic (exact) mass is 443 g/mol. The molecule has 0 atom stereocenters. The maximum absolute atomic E-state index is 12.4. The van der Waals surface area contributed by atoms with Gasteiger partial charge in [-0.05, 0) is 58.4 Å². The molecule has 146 valence electrons. The van der Waals surface area contributed by atoms with E-state index < -0.39 is 0 Å². The molecule has 4 rings (SSSR count). The van der Waals surface area contributed by atoms with Gasteiger partial charge >= 0.3 is 0 Å². The first-order chi connectivity index (χ1) is 13.7. The van der Waals surface area contributed by atoms with E-state index in [0.717, 1.165) is 53.1 Å². The number of hydrogen-bond donors (Lipinski definition) is 2. The number of H-pyrrole nitrogens is 1. The molecule has 1 fully saturated rings. The topological polar surface area (TPSA) is 66.6 Å². The number of nitrogens with one attached hydrogen (secondary N) is 2. The van der Waals surface area contributed by atoms with Crippen molar-refractivity contribution in [1.29, 1.82) is 0 Å². The first-order valence-electron chi connectivity index (χ1n) is 9.21. The smallest absolute Gasteiger partial charge is 0.253 e. The van der Waals surface area contributed by atoms with Gasteiger partial charge < -0.3 is 24.7 Å². The minimum absolute atomic E-state index is 0.0954. The second-order valence-electron chi connectivity index (χ2n) is 6.67. The van der Waals surface area contributed by atoms with Crippen LogP contribution >= 0.6 is 15.9 Å². The molecule has 2 aromatic carbocycles. The number of benzene rings is 2. The third-order valence-corrected chi connectivity index (χ3v) is 5.77. The standard InChI is InChI=1S/C21H22BrN3O3/c1-27-19-7-6-18-17(20(19)22)12-14(21(26)24-18)13-23-15-2-4-16(5-3-15)25-8-10-28-11-9-25/h2-7,12,23H,8-11,13H2,1H3,(H,24,26). The summed E-state index contributed by atoms with van der Waals surface area (Å²) >= 11 is 3.56. The van der Waals surface area contributed by atoms with Crippen molar-refractivity contribution in [3.63, 3.8) is 0 Å². The maximum atomic E-state index is 12.4. The van der Waals surface area contributed by atoms with Gasteiger partial charge in [0.1, 0.15) is 5.75 Å². The van der Waals surface area contributed by atoms with Crippen LogP contribution in [-0.2, 0) is 11.3 Å². The Hall–Kier alpha value is -2.51. The molecule has 28 heavy (non-hydrogen) atoms. The van der Waals surface area contributed by atoms with Crippen molar-refractivity contribution in [1.82, 2.24) is 4.98 Å². The number of rotatable bonds is 5. The Kier molecular flexibility index (Phi) is 5.54. The second-order valence-corrected chi connectivity index (χ2v) is 7.46. The number of methoxy groups -OCH3 is 1. The average molecular weight is 444 g/mol. The first-order valence-corrected chi connectivity index (χ1v) is 10.00. The molecule has 0 aliphatic carbocycles. The molecule has 1 aliphatic rings. The van der Waals surface area contributed by atoms with Gasteiger partial charge in [0, 0.05) is 47.5 Å². The first kappa shape index (κ1) is 18.8. The van der Waals surface area contributed by atoms with Crippen molar-refractivity contribution in [2.24, 2.45) is 0 Å². The third kappa shape index (κ3) is 3.86. The lowest BCUT2D eigenvalue weighted by molar-refractivity contribution is 0.122. The van der Waals surface area contributed by atoms with Crippen LogP contribution in [0.2, 0.25) is 0 Å². The van der Waals surface area contributed by atoms with E-state index in [1.165, 1.54) is 5.69 Å². The Morgan fingerprint density at radius 2 is 1.93 bits per heavy atom. The van der Waals surface area contributed by atoms with Crippen LogP contribution in [0.25, 0.3) is 10.9 Å². The molecule has 6 nitrogen and oxygen atoms in total. The van der Waals surface area contributed by atoms with E-state index in [2.05, 4.69) is 43.3 Å². The predicted molar refractivity (Wildman–Crippen MR) is 116 cm³/mol. The van der Waals surface area contributed by atoms with E-state index in [1.54, 1.807) is 7.11 Å². The second kappa shape index (κ2) is 8.24. The van der Waals surface area contributed by atoms with E-state index in [4.69, 9.17) is 9.47 Å². The number of hydrogen-bond acceptors (Lipinski definition) is 5. The van der Waals surface area contributed by atoms with Gasteiger partial charge in [-0.25, -0.2) is 0 Å². The summed E-state index contributed by atoms with van der Waals surface area (Å²) in [7, 11) is 1.63. The van der Waals surface area contributed by atoms with Gasteiger partial charge in [0.2, 0.25) is 0 Å². The molecule has 0 radical (unpaired) electrons. The van der Waals surface area contributed by atoms with Gasteiger partial charge in [-0.3, -0.25) is 4.79 Å². The third-order valence-electron chi connectivity index (χ3n) is 4.95. The van der Waals surface area contributed by atoms with Crippen molar-refractivity contribution in [2.75, 3.05) is 43.6 Å². The number of morpholine rings is 1. The molecule has 2 N–H and O–H groups in total. The van der Waals surface area contributed by atoms with E-state index >= 15 is 0 Å². The molecule has 1 aliphatic heterocycles. The zero-order chi connectivity index (χ0) is 19.5. The Balaban J connectivity index is 1.51. The van der Waals surface area contributed by atoms with Crippen LogP contribution in [0.5, 0.6) is 5.75 Å². The fourth-order valence-electron chi connectivity index (χ4n) is 3.36. The molecule has 1 saturated heterocycles. The molecule has 2 heterocycles. The molecule has 7 heteroatoms. The predicted octanol–water partition coefficient (Wildman–Crippen LogP) is 3.75. The van der Waals surface area contributed by atoms with E-state index in [0.29, 0.717) is 12.1 Å². The van der Waals surface area contributed by atoms with E-state index in [-0.39, 0.29) is 5.56 Å². The summed E-state index contributed by atoms with van der Waals surface area (Å²) in [6.07, 6.45) is 0. The molecular formula is C21H22BrN3O3. The van der Waals surface area contributed by atoms with Crippen LogP contribution in [-0.4, -0.2) is 38.4 Å². The van der Waals surface area contributed by atoms with Gasteiger partial charge in [0.25, 0.3) is 5.56 Å². The van der Waals surface area contributed by atoms with Crippen LogP contribution in [0.3, 0.4) is 0 Å². The van der Waals surface area contributed by atoms with Gasteiger partial charge in [0.05, 0.1) is 24.8 Å². The highest BCUT2D eigenvalue weighted by Crippen LogP contribution is 2.32. The molecule has 0 saturated carbocycles.